The monoisotopic (exact) mass is 299 g/mol. The summed E-state index contributed by atoms with van der Waals surface area (Å²) in [5.41, 5.74) is 6.03. The van der Waals surface area contributed by atoms with Crippen LogP contribution in [0.25, 0.3) is 0 Å². The van der Waals surface area contributed by atoms with E-state index in [2.05, 4.69) is 6.92 Å². The molecule has 3 atom stereocenters. The van der Waals surface area contributed by atoms with Gasteiger partial charge in [0.15, 0.2) is 9.84 Å². The van der Waals surface area contributed by atoms with E-state index in [1.807, 2.05) is 0 Å². The predicted molar refractivity (Wildman–Crippen MR) is 77.6 cm³/mol. The summed E-state index contributed by atoms with van der Waals surface area (Å²) in [5, 5.41) is -0.588. The third kappa shape index (κ3) is 3.20. The number of hydrogen-bond donors (Lipinski definition) is 1. The van der Waals surface area contributed by atoms with Crippen LogP contribution in [0, 0.1) is 11.7 Å². The van der Waals surface area contributed by atoms with Crippen LogP contribution >= 0.6 is 0 Å². The lowest BCUT2D eigenvalue weighted by atomic mass is 9.83. The van der Waals surface area contributed by atoms with Crippen molar-refractivity contribution >= 4 is 9.84 Å². The Morgan fingerprint density at radius 1 is 1.35 bits per heavy atom. The highest BCUT2D eigenvalue weighted by Crippen LogP contribution is 2.33. The first-order chi connectivity index (χ1) is 9.45. The van der Waals surface area contributed by atoms with Gasteiger partial charge >= 0.3 is 0 Å². The summed E-state index contributed by atoms with van der Waals surface area (Å²) in [6, 6.07) is 4.87. The molecule has 0 aliphatic heterocycles. The second kappa shape index (κ2) is 6.22. The van der Waals surface area contributed by atoms with Gasteiger partial charge in [0.25, 0.3) is 0 Å². The average molecular weight is 299 g/mol. The molecular formula is C15H22FNO2S. The first-order valence-corrected chi connectivity index (χ1v) is 8.74. The molecule has 0 heterocycles. The van der Waals surface area contributed by atoms with Crippen molar-refractivity contribution in [2.24, 2.45) is 11.7 Å². The Bertz CT molecular complexity index is 559. The van der Waals surface area contributed by atoms with Crippen LogP contribution in [-0.4, -0.2) is 19.7 Å². The Morgan fingerprint density at radius 2 is 2.10 bits per heavy atom. The van der Waals surface area contributed by atoms with Gasteiger partial charge in [-0.25, -0.2) is 12.8 Å². The maximum atomic E-state index is 13.3. The van der Waals surface area contributed by atoms with Crippen molar-refractivity contribution in [1.29, 1.82) is 0 Å². The molecule has 1 aliphatic rings. The van der Waals surface area contributed by atoms with Crippen molar-refractivity contribution in [1.82, 2.24) is 0 Å². The van der Waals surface area contributed by atoms with Crippen molar-refractivity contribution in [3.8, 4) is 0 Å². The van der Waals surface area contributed by atoms with E-state index >= 15 is 0 Å². The summed E-state index contributed by atoms with van der Waals surface area (Å²) in [4.78, 5) is 0.0510. The molecular weight excluding hydrogens is 277 g/mol. The van der Waals surface area contributed by atoms with Crippen LogP contribution in [0.5, 0.6) is 0 Å². The zero-order valence-corrected chi connectivity index (χ0v) is 12.6. The summed E-state index contributed by atoms with van der Waals surface area (Å²) < 4.78 is 38.6. The fourth-order valence-corrected chi connectivity index (χ4v) is 5.10. The van der Waals surface area contributed by atoms with Crippen LogP contribution in [0.3, 0.4) is 0 Å². The standard InChI is InChI=1S/C15H22FNO2S/c1-2-4-11-7-8-14(17)15(9-11)20(18,19)13-6-3-5-12(16)10-13/h3,5-6,10-11,14-15H,2,4,7-9,17H2,1H3. The molecule has 0 amide bonds. The van der Waals surface area contributed by atoms with E-state index < -0.39 is 20.9 Å². The predicted octanol–water partition coefficient (Wildman–Crippen LogP) is 2.90. The normalized spacial score (nSPS) is 27.4. The van der Waals surface area contributed by atoms with Crippen LogP contribution in [0.15, 0.2) is 29.2 Å². The number of nitrogens with two attached hydrogens (primary N) is 1. The molecule has 1 saturated carbocycles. The molecule has 5 heteroatoms. The van der Waals surface area contributed by atoms with Gasteiger partial charge in [0.1, 0.15) is 5.82 Å². The molecule has 1 fully saturated rings. The topological polar surface area (TPSA) is 60.2 Å². The third-order valence-corrected chi connectivity index (χ3v) is 6.42. The highest BCUT2D eigenvalue weighted by molar-refractivity contribution is 7.92. The van der Waals surface area contributed by atoms with E-state index in [0.29, 0.717) is 12.3 Å². The minimum atomic E-state index is -3.55. The number of halogens is 1. The van der Waals surface area contributed by atoms with E-state index in [0.717, 1.165) is 31.7 Å². The highest BCUT2D eigenvalue weighted by Gasteiger charge is 2.37. The van der Waals surface area contributed by atoms with E-state index in [9.17, 15) is 12.8 Å². The van der Waals surface area contributed by atoms with E-state index in [1.54, 1.807) is 0 Å². The maximum absolute atomic E-state index is 13.3. The van der Waals surface area contributed by atoms with Crippen molar-refractivity contribution in [2.45, 2.75) is 55.2 Å². The van der Waals surface area contributed by atoms with Crippen molar-refractivity contribution in [2.75, 3.05) is 0 Å². The summed E-state index contributed by atoms with van der Waals surface area (Å²) in [5.74, 6) is -0.117. The lowest BCUT2D eigenvalue weighted by molar-refractivity contribution is 0.309. The summed E-state index contributed by atoms with van der Waals surface area (Å²) in [7, 11) is -3.55. The molecule has 1 aliphatic carbocycles. The van der Waals surface area contributed by atoms with Gasteiger partial charge < -0.3 is 5.73 Å². The molecule has 20 heavy (non-hydrogen) atoms. The summed E-state index contributed by atoms with van der Waals surface area (Å²) >= 11 is 0. The number of hydrogen-bond acceptors (Lipinski definition) is 3. The molecule has 0 radical (unpaired) electrons. The van der Waals surface area contributed by atoms with Gasteiger partial charge in [0.2, 0.25) is 0 Å². The second-order valence-corrected chi connectivity index (χ2v) is 7.84. The lowest BCUT2D eigenvalue weighted by Crippen LogP contribution is -2.45. The number of sulfone groups is 1. The van der Waals surface area contributed by atoms with E-state index in [4.69, 9.17) is 5.73 Å². The molecule has 112 valence electrons. The zero-order chi connectivity index (χ0) is 14.8. The number of rotatable bonds is 4. The SMILES string of the molecule is CCCC1CCC(N)C(S(=O)(=O)c2cccc(F)c2)C1. The van der Waals surface area contributed by atoms with Crippen molar-refractivity contribution in [3.05, 3.63) is 30.1 Å². The van der Waals surface area contributed by atoms with Crippen molar-refractivity contribution < 1.29 is 12.8 Å². The minimum absolute atomic E-state index is 0.0510. The molecule has 0 aromatic heterocycles. The Labute approximate surface area is 120 Å². The Balaban J connectivity index is 2.27. The van der Waals surface area contributed by atoms with Gasteiger partial charge in [-0.15, -0.1) is 0 Å². The zero-order valence-electron chi connectivity index (χ0n) is 11.8. The maximum Gasteiger partial charge on any atom is 0.182 e. The summed E-state index contributed by atoms with van der Waals surface area (Å²) in [6.07, 6.45) is 4.39. The largest absolute Gasteiger partial charge is 0.327 e. The van der Waals surface area contributed by atoms with Gasteiger partial charge in [-0.05, 0) is 43.4 Å². The van der Waals surface area contributed by atoms with Gasteiger partial charge in [-0.2, -0.15) is 0 Å². The van der Waals surface area contributed by atoms with Crippen LogP contribution in [-0.2, 0) is 9.84 Å². The molecule has 0 saturated heterocycles. The van der Waals surface area contributed by atoms with Crippen LogP contribution in [0.1, 0.15) is 39.0 Å². The van der Waals surface area contributed by atoms with Gasteiger partial charge in [-0.1, -0.05) is 25.8 Å². The Morgan fingerprint density at radius 3 is 2.75 bits per heavy atom. The van der Waals surface area contributed by atoms with Crippen LogP contribution < -0.4 is 5.73 Å². The Hall–Kier alpha value is -0.940. The third-order valence-electron chi connectivity index (χ3n) is 4.17. The smallest absolute Gasteiger partial charge is 0.182 e. The van der Waals surface area contributed by atoms with Crippen molar-refractivity contribution in [3.63, 3.8) is 0 Å². The van der Waals surface area contributed by atoms with Crippen LogP contribution in [0.4, 0.5) is 4.39 Å². The molecule has 1 aromatic carbocycles. The van der Waals surface area contributed by atoms with Gasteiger partial charge in [0, 0.05) is 6.04 Å². The Kier molecular flexibility index (Phi) is 4.81. The van der Waals surface area contributed by atoms with Gasteiger partial charge in [-0.3, -0.25) is 0 Å². The first kappa shape index (κ1) is 15.4. The van der Waals surface area contributed by atoms with Crippen LogP contribution in [0.2, 0.25) is 0 Å². The molecule has 0 bridgehead atoms. The minimum Gasteiger partial charge on any atom is -0.327 e. The first-order valence-electron chi connectivity index (χ1n) is 7.20. The summed E-state index contributed by atoms with van der Waals surface area (Å²) in [6.45, 7) is 2.10. The molecule has 1 aromatic rings. The molecule has 0 spiro atoms. The van der Waals surface area contributed by atoms with Gasteiger partial charge in [0.05, 0.1) is 10.1 Å². The fraction of sp³-hybridized carbons (Fsp3) is 0.600. The lowest BCUT2D eigenvalue weighted by Gasteiger charge is -2.33. The second-order valence-electron chi connectivity index (χ2n) is 5.67. The average Bonchev–Trinajstić information content (AvgIpc) is 2.41. The fourth-order valence-electron chi connectivity index (χ4n) is 3.08. The highest BCUT2D eigenvalue weighted by atomic mass is 32.2. The van der Waals surface area contributed by atoms with E-state index in [1.165, 1.54) is 18.2 Å². The molecule has 2 N–H and O–H groups in total. The van der Waals surface area contributed by atoms with E-state index in [-0.39, 0.29) is 10.9 Å². The molecule has 2 rings (SSSR count). The quantitative estimate of drug-likeness (QED) is 0.930. The number of benzene rings is 1. The molecule has 3 nitrogen and oxygen atoms in total. The molecule has 3 unspecified atom stereocenters.